The monoisotopic (exact) mass is 298 g/mol. The van der Waals surface area contributed by atoms with Gasteiger partial charge in [0.05, 0.1) is 19.1 Å². The smallest absolute Gasteiger partial charge is 0.118 e. The predicted molar refractivity (Wildman–Crippen MR) is 86.9 cm³/mol. The molecule has 0 aliphatic carbocycles. The molecule has 3 nitrogen and oxygen atoms in total. The van der Waals surface area contributed by atoms with E-state index in [4.69, 9.17) is 4.74 Å². The zero-order chi connectivity index (χ0) is 14.5. The van der Waals surface area contributed by atoms with Crippen LogP contribution in [0.5, 0.6) is 5.75 Å². The van der Waals surface area contributed by atoms with Gasteiger partial charge in [-0.05, 0) is 42.0 Å². The minimum Gasteiger partial charge on any atom is -0.497 e. The van der Waals surface area contributed by atoms with Crippen LogP contribution in [-0.4, -0.2) is 16.7 Å². The molecule has 21 heavy (non-hydrogen) atoms. The summed E-state index contributed by atoms with van der Waals surface area (Å²) in [7, 11) is 1.69. The lowest BCUT2D eigenvalue weighted by Crippen LogP contribution is -1.96. The number of hydrogen-bond acceptors (Lipinski definition) is 3. The number of imidazole rings is 1. The molecule has 0 atom stereocenters. The Hall–Kier alpha value is -2.07. The Labute approximate surface area is 128 Å². The van der Waals surface area contributed by atoms with Gasteiger partial charge >= 0.3 is 0 Å². The fourth-order valence-electron chi connectivity index (χ4n) is 2.30. The molecule has 3 aromatic rings. The Balaban J connectivity index is 1.53. The molecule has 0 radical (unpaired) electrons. The standard InChI is InChI=1S/C17H18N2OS/c1-20-16-6-4-14(5-7-16)3-2-9-19-11-17(18-13-19)15-8-10-21-12-15/h4-8,10-13H,2-3,9H2,1H3. The van der Waals surface area contributed by atoms with Crippen molar-refractivity contribution in [3.63, 3.8) is 0 Å². The lowest BCUT2D eigenvalue weighted by Gasteiger charge is -2.04. The van der Waals surface area contributed by atoms with Gasteiger partial charge in [-0.2, -0.15) is 11.3 Å². The lowest BCUT2D eigenvalue weighted by atomic mass is 10.1. The van der Waals surface area contributed by atoms with E-state index in [-0.39, 0.29) is 0 Å². The number of rotatable bonds is 6. The van der Waals surface area contributed by atoms with Gasteiger partial charge in [-0.3, -0.25) is 0 Å². The Morgan fingerprint density at radius 1 is 1.19 bits per heavy atom. The van der Waals surface area contributed by atoms with E-state index in [2.05, 4.69) is 44.7 Å². The van der Waals surface area contributed by atoms with Crippen molar-refractivity contribution < 1.29 is 4.74 Å². The summed E-state index contributed by atoms with van der Waals surface area (Å²) in [6, 6.07) is 10.4. The highest BCUT2D eigenvalue weighted by molar-refractivity contribution is 7.08. The molecule has 0 saturated carbocycles. The molecular formula is C17H18N2OS. The maximum absolute atomic E-state index is 5.17. The maximum atomic E-state index is 5.17. The maximum Gasteiger partial charge on any atom is 0.118 e. The minimum absolute atomic E-state index is 0.911. The highest BCUT2D eigenvalue weighted by Gasteiger charge is 2.02. The number of ether oxygens (including phenoxy) is 1. The van der Waals surface area contributed by atoms with Gasteiger partial charge in [0.25, 0.3) is 0 Å². The summed E-state index contributed by atoms with van der Waals surface area (Å²) in [5.74, 6) is 0.911. The molecule has 0 unspecified atom stereocenters. The van der Waals surface area contributed by atoms with E-state index >= 15 is 0 Å². The SMILES string of the molecule is COc1ccc(CCCn2cnc(-c3ccsc3)c2)cc1. The van der Waals surface area contributed by atoms with E-state index in [1.54, 1.807) is 18.4 Å². The summed E-state index contributed by atoms with van der Waals surface area (Å²) < 4.78 is 7.33. The molecule has 0 aliphatic heterocycles. The van der Waals surface area contributed by atoms with Crippen LogP contribution in [0.3, 0.4) is 0 Å². The normalized spacial score (nSPS) is 10.7. The van der Waals surface area contributed by atoms with Crippen LogP contribution in [0.2, 0.25) is 0 Å². The van der Waals surface area contributed by atoms with Gasteiger partial charge in [0.2, 0.25) is 0 Å². The molecule has 2 heterocycles. The molecule has 0 aliphatic rings. The molecule has 0 N–H and O–H groups in total. The summed E-state index contributed by atoms with van der Waals surface area (Å²) in [5, 5.41) is 4.21. The topological polar surface area (TPSA) is 27.1 Å². The van der Waals surface area contributed by atoms with E-state index in [1.807, 2.05) is 18.5 Å². The third kappa shape index (κ3) is 3.52. The first-order valence-corrected chi connectivity index (χ1v) is 7.97. The van der Waals surface area contributed by atoms with Crippen LogP contribution >= 0.6 is 11.3 Å². The van der Waals surface area contributed by atoms with Gasteiger partial charge in [-0.15, -0.1) is 0 Å². The Morgan fingerprint density at radius 2 is 2.05 bits per heavy atom. The lowest BCUT2D eigenvalue weighted by molar-refractivity contribution is 0.414. The fourth-order valence-corrected chi connectivity index (χ4v) is 2.95. The van der Waals surface area contributed by atoms with Gasteiger partial charge in [0.1, 0.15) is 5.75 Å². The second-order valence-corrected chi connectivity index (χ2v) is 5.74. The number of benzene rings is 1. The second kappa shape index (κ2) is 6.59. The highest BCUT2D eigenvalue weighted by Crippen LogP contribution is 2.20. The van der Waals surface area contributed by atoms with Crippen LogP contribution in [-0.2, 0) is 13.0 Å². The molecule has 2 aromatic heterocycles. The highest BCUT2D eigenvalue weighted by atomic mass is 32.1. The third-order valence-electron chi connectivity index (χ3n) is 3.49. The molecular weight excluding hydrogens is 280 g/mol. The number of methoxy groups -OCH3 is 1. The molecule has 0 fully saturated rings. The van der Waals surface area contributed by atoms with E-state index in [9.17, 15) is 0 Å². The van der Waals surface area contributed by atoms with E-state index in [1.165, 1.54) is 11.1 Å². The molecule has 108 valence electrons. The quantitative estimate of drug-likeness (QED) is 0.680. The molecule has 0 saturated heterocycles. The molecule has 0 spiro atoms. The van der Waals surface area contributed by atoms with Crippen molar-refractivity contribution in [2.45, 2.75) is 19.4 Å². The van der Waals surface area contributed by atoms with Crippen molar-refractivity contribution in [3.05, 3.63) is 59.2 Å². The van der Waals surface area contributed by atoms with Gasteiger partial charge in [0, 0.05) is 23.7 Å². The Morgan fingerprint density at radius 3 is 2.76 bits per heavy atom. The van der Waals surface area contributed by atoms with Crippen LogP contribution < -0.4 is 4.74 Å². The van der Waals surface area contributed by atoms with Gasteiger partial charge in [0.15, 0.2) is 0 Å². The average molecular weight is 298 g/mol. The summed E-state index contributed by atoms with van der Waals surface area (Å²) in [5.41, 5.74) is 3.60. The largest absolute Gasteiger partial charge is 0.497 e. The van der Waals surface area contributed by atoms with Crippen molar-refractivity contribution in [1.82, 2.24) is 9.55 Å². The van der Waals surface area contributed by atoms with Crippen molar-refractivity contribution in [2.24, 2.45) is 0 Å². The zero-order valence-corrected chi connectivity index (χ0v) is 12.8. The molecule has 0 bridgehead atoms. The van der Waals surface area contributed by atoms with Gasteiger partial charge in [-0.25, -0.2) is 4.98 Å². The molecule has 3 rings (SSSR count). The Bertz CT molecular complexity index is 671. The van der Waals surface area contributed by atoms with E-state index < -0.39 is 0 Å². The van der Waals surface area contributed by atoms with Gasteiger partial charge < -0.3 is 9.30 Å². The predicted octanol–water partition coefficient (Wildman–Crippen LogP) is 4.25. The van der Waals surface area contributed by atoms with E-state index in [0.717, 1.165) is 30.8 Å². The van der Waals surface area contributed by atoms with Gasteiger partial charge in [-0.1, -0.05) is 12.1 Å². The second-order valence-electron chi connectivity index (χ2n) is 4.96. The summed E-state index contributed by atoms with van der Waals surface area (Å²) >= 11 is 1.70. The first-order valence-electron chi connectivity index (χ1n) is 7.02. The summed E-state index contributed by atoms with van der Waals surface area (Å²) in [6.45, 7) is 0.989. The number of hydrogen-bond donors (Lipinski definition) is 0. The minimum atomic E-state index is 0.911. The zero-order valence-electron chi connectivity index (χ0n) is 12.0. The van der Waals surface area contributed by atoms with Crippen molar-refractivity contribution in [1.29, 1.82) is 0 Å². The van der Waals surface area contributed by atoms with Crippen LogP contribution in [0.4, 0.5) is 0 Å². The molecule has 4 heteroatoms. The van der Waals surface area contributed by atoms with Crippen LogP contribution in [0.1, 0.15) is 12.0 Å². The summed E-state index contributed by atoms with van der Waals surface area (Å²) in [6.07, 6.45) is 6.21. The van der Waals surface area contributed by atoms with E-state index in [0.29, 0.717) is 0 Å². The van der Waals surface area contributed by atoms with Crippen LogP contribution in [0, 0.1) is 0 Å². The van der Waals surface area contributed by atoms with Crippen LogP contribution in [0.15, 0.2) is 53.6 Å². The first kappa shape index (κ1) is 13.9. The summed E-state index contributed by atoms with van der Waals surface area (Å²) in [4.78, 5) is 4.46. The number of aryl methyl sites for hydroxylation is 2. The Kier molecular flexibility index (Phi) is 4.36. The average Bonchev–Trinajstić information content (AvgIpc) is 3.19. The molecule has 1 aromatic carbocycles. The van der Waals surface area contributed by atoms with Crippen LogP contribution in [0.25, 0.3) is 11.3 Å². The third-order valence-corrected chi connectivity index (χ3v) is 4.17. The van der Waals surface area contributed by atoms with Crippen molar-refractivity contribution in [3.8, 4) is 17.0 Å². The first-order chi connectivity index (χ1) is 10.3. The van der Waals surface area contributed by atoms with Crippen molar-refractivity contribution >= 4 is 11.3 Å². The number of aromatic nitrogens is 2. The number of nitrogens with zero attached hydrogens (tertiary/aromatic N) is 2. The number of thiophene rings is 1. The van der Waals surface area contributed by atoms with Crippen molar-refractivity contribution in [2.75, 3.05) is 7.11 Å². The fraction of sp³-hybridized carbons (Fsp3) is 0.235. The molecule has 0 amide bonds.